The number of aromatic nitrogens is 1. The van der Waals surface area contributed by atoms with Gasteiger partial charge in [-0.05, 0) is 47.3 Å². The predicted octanol–water partition coefficient (Wildman–Crippen LogP) is 4.70. The highest BCUT2D eigenvalue weighted by atomic mass is 32.1. The van der Waals surface area contributed by atoms with Crippen molar-refractivity contribution in [3.05, 3.63) is 34.7 Å². The first-order valence-corrected chi connectivity index (χ1v) is 10.3. The van der Waals surface area contributed by atoms with E-state index in [1.165, 1.54) is 29.5 Å². The molecule has 2 aliphatic rings. The summed E-state index contributed by atoms with van der Waals surface area (Å²) in [4.78, 5) is 7.24. The molecule has 2 aromatic rings. The molecule has 1 aliphatic heterocycles. The molecule has 1 unspecified atom stereocenters. The maximum Gasteiger partial charge on any atom is 0.185 e. The Morgan fingerprint density at radius 1 is 1.12 bits per heavy atom. The monoisotopic (exact) mass is 355 g/mol. The number of anilines is 1. The number of hydrogen-bond donors (Lipinski definition) is 1. The molecule has 1 saturated heterocycles. The molecule has 0 saturated carbocycles. The van der Waals surface area contributed by atoms with Crippen LogP contribution in [0.4, 0.5) is 5.13 Å². The van der Waals surface area contributed by atoms with Crippen molar-refractivity contribution >= 4 is 16.5 Å². The molecule has 3 nitrogen and oxygen atoms in total. The maximum absolute atomic E-state index is 6.05. The van der Waals surface area contributed by atoms with Gasteiger partial charge in [0.15, 0.2) is 5.13 Å². The number of hydrogen-bond acceptors (Lipinski definition) is 4. The van der Waals surface area contributed by atoms with Gasteiger partial charge in [0.05, 0.1) is 5.69 Å². The van der Waals surface area contributed by atoms with E-state index in [0.717, 1.165) is 30.3 Å². The van der Waals surface area contributed by atoms with Crippen molar-refractivity contribution in [1.82, 2.24) is 4.98 Å². The van der Waals surface area contributed by atoms with Crippen molar-refractivity contribution in [1.29, 1.82) is 0 Å². The topological polar surface area (TPSA) is 42.1 Å². The first-order chi connectivity index (χ1) is 11.8. The van der Waals surface area contributed by atoms with Crippen LogP contribution in [0.15, 0.2) is 23.6 Å². The van der Waals surface area contributed by atoms with Gasteiger partial charge in [0.25, 0.3) is 0 Å². The zero-order valence-corrected chi connectivity index (χ0v) is 16.6. The van der Waals surface area contributed by atoms with Gasteiger partial charge in [-0.25, -0.2) is 4.98 Å². The normalized spacial score (nSPS) is 24.4. The Hall–Kier alpha value is -1.39. The average molecular weight is 356 g/mol. The molecule has 1 fully saturated rings. The Labute approximate surface area is 155 Å². The van der Waals surface area contributed by atoms with Crippen LogP contribution < -0.4 is 10.6 Å². The molecule has 1 atom stereocenters. The molecule has 0 spiro atoms. The van der Waals surface area contributed by atoms with Crippen LogP contribution in [0.3, 0.4) is 0 Å². The fourth-order valence-electron chi connectivity index (χ4n) is 4.25. The SMILES string of the molecule is CC1(C)CCC(C)(C)c2cc(-c3csc(N4CCC(N)C4)n3)ccc21. The van der Waals surface area contributed by atoms with E-state index in [1.807, 2.05) is 0 Å². The first kappa shape index (κ1) is 17.0. The quantitative estimate of drug-likeness (QED) is 0.849. The third-order valence-electron chi connectivity index (χ3n) is 6.14. The van der Waals surface area contributed by atoms with Crippen LogP contribution in [-0.2, 0) is 10.8 Å². The van der Waals surface area contributed by atoms with Gasteiger partial charge in [-0.2, -0.15) is 0 Å². The van der Waals surface area contributed by atoms with Crippen molar-refractivity contribution < 1.29 is 0 Å². The fourth-order valence-corrected chi connectivity index (χ4v) is 5.12. The number of nitrogens with two attached hydrogens (primary N) is 1. The van der Waals surface area contributed by atoms with E-state index in [0.29, 0.717) is 6.04 Å². The van der Waals surface area contributed by atoms with E-state index in [4.69, 9.17) is 10.7 Å². The number of fused-ring (bicyclic) bond motifs is 1. The molecule has 1 aromatic heterocycles. The molecule has 2 N–H and O–H groups in total. The number of rotatable bonds is 2. The third-order valence-corrected chi connectivity index (χ3v) is 7.04. The van der Waals surface area contributed by atoms with Crippen LogP contribution >= 0.6 is 11.3 Å². The summed E-state index contributed by atoms with van der Waals surface area (Å²) in [7, 11) is 0. The minimum atomic E-state index is 0.238. The molecule has 2 heterocycles. The number of thiazole rings is 1. The van der Waals surface area contributed by atoms with Crippen LogP contribution in [0.1, 0.15) is 58.1 Å². The summed E-state index contributed by atoms with van der Waals surface area (Å²) in [6.45, 7) is 11.5. The highest BCUT2D eigenvalue weighted by Crippen LogP contribution is 2.46. The lowest BCUT2D eigenvalue weighted by Crippen LogP contribution is -2.33. The van der Waals surface area contributed by atoms with Gasteiger partial charge in [-0.15, -0.1) is 11.3 Å². The van der Waals surface area contributed by atoms with Gasteiger partial charge < -0.3 is 10.6 Å². The first-order valence-electron chi connectivity index (χ1n) is 9.38. The molecule has 4 rings (SSSR count). The van der Waals surface area contributed by atoms with E-state index in [2.05, 4.69) is 56.2 Å². The molecule has 0 amide bonds. The Morgan fingerprint density at radius 3 is 2.52 bits per heavy atom. The highest BCUT2D eigenvalue weighted by molar-refractivity contribution is 7.14. The van der Waals surface area contributed by atoms with Gasteiger partial charge >= 0.3 is 0 Å². The Morgan fingerprint density at radius 2 is 1.84 bits per heavy atom. The summed E-state index contributed by atoms with van der Waals surface area (Å²) in [5.74, 6) is 0. The van der Waals surface area contributed by atoms with Crippen LogP contribution in [0.25, 0.3) is 11.3 Å². The summed E-state index contributed by atoms with van der Waals surface area (Å²) in [5, 5.41) is 3.31. The summed E-state index contributed by atoms with van der Waals surface area (Å²) < 4.78 is 0. The summed E-state index contributed by atoms with van der Waals surface area (Å²) in [6.07, 6.45) is 3.56. The molecule has 4 heteroatoms. The standard InChI is InChI=1S/C21H29N3S/c1-20(2)8-9-21(3,4)17-11-14(5-6-16(17)20)18-13-25-19(23-18)24-10-7-15(22)12-24/h5-6,11,13,15H,7-10,12,22H2,1-4H3. The van der Waals surface area contributed by atoms with E-state index in [1.54, 1.807) is 11.3 Å². The van der Waals surface area contributed by atoms with Crippen LogP contribution in [0.5, 0.6) is 0 Å². The van der Waals surface area contributed by atoms with Gasteiger partial charge in [0.1, 0.15) is 0 Å². The zero-order valence-electron chi connectivity index (χ0n) is 15.8. The van der Waals surface area contributed by atoms with Crippen molar-refractivity contribution in [3.8, 4) is 11.3 Å². The van der Waals surface area contributed by atoms with E-state index in [9.17, 15) is 0 Å². The molecule has 0 bridgehead atoms. The smallest absolute Gasteiger partial charge is 0.185 e. The summed E-state index contributed by atoms with van der Waals surface area (Å²) in [5.41, 5.74) is 11.9. The van der Waals surface area contributed by atoms with Crippen LogP contribution in [-0.4, -0.2) is 24.1 Å². The van der Waals surface area contributed by atoms with Gasteiger partial charge in [0, 0.05) is 30.1 Å². The Balaban J connectivity index is 1.70. The van der Waals surface area contributed by atoms with Crippen molar-refractivity contribution in [3.63, 3.8) is 0 Å². The summed E-state index contributed by atoms with van der Waals surface area (Å²) in [6, 6.07) is 7.29. The van der Waals surface area contributed by atoms with E-state index >= 15 is 0 Å². The van der Waals surface area contributed by atoms with Crippen molar-refractivity contribution in [2.45, 2.75) is 63.8 Å². The lowest BCUT2D eigenvalue weighted by atomic mass is 9.63. The van der Waals surface area contributed by atoms with Gasteiger partial charge in [0.2, 0.25) is 0 Å². The molecule has 134 valence electrons. The molecule has 0 radical (unpaired) electrons. The summed E-state index contributed by atoms with van der Waals surface area (Å²) >= 11 is 1.74. The highest BCUT2D eigenvalue weighted by Gasteiger charge is 2.37. The minimum Gasteiger partial charge on any atom is -0.346 e. The Kier molecular flexibility index (Phi) is 3.97. The third kappa shape index (κ3) is 3.00. The molecular weight excluding hydrogens is 326 g/mol. The lowest BCUT2D eigenvalue weighted by Gasteiger charge is -2.42. The number of benzene rings is 1. The second-order valence-electron chi connectivity index (χ2n) is 9.04. The van der Waals surface area contributed by atoms with Crippen LogP contribution in [0.2, 0.25) is 0 Å². The second kappa shape index (κ2) is 5.82. The largest absolute Gasteiger partial charge is 0.346 e. The van der Waals surface area contributed by atoms with Crippen LogP contribution in [0, 0.1) is 0 Å². The fraction of sp³-hybridized carbons (Fsp3) is 0.571. The molecular formula is C21H29N3S. The lowest BCUT2D eigenvalue weighted by molar-refractivity contribution is 0.332. The minimum absolute atomic E-state index is 0.238. The maximum atomic E-state index is 6.05. The van der Waals surface area contributed by atoms with Gasteiger partial charge in [-0.3, -0.25) is 0 Å². The average Bonchev–Trinajstić information content (AvgIpc) is 3.20. The van der Waals surface area contributed by atoms with Crippen molar-refractivity contribution in [2.75, 3.05) is 18.0 Å². The van der Waals surface area contributed by atoms with Gasteiger partial charge in [-0.1, -0.05) is 39.8 Å². The number of nitrogens with zero attached hydrogens (tertiary/aromatic N) is 2. The van der Waals surface area contributed by atoms with Crippen molar-refractivity contribution in [2.24, 2.45) is 5.73 Å². The van der Waals surface area contributed by atoms with E-state index in [-0.39, 0.29) is 10.8 Å². The van der Waals surface area contributed by atoms with E-state index < -0.39 is 0 Å². The predicted molar refractivity (Wildman–Crippen MR) is 108 cm³/mol. The second-order valence-corrected chi connectivity index (χ2v) is 9.87. The molecule has 1 aromatic carbocycles. The zero-order chi connectivity index (χ0) is 17.8. The Bertz CT molecular complexity index is 790. The molecule has 1 aliphatic carbocycles. The molecule has 25 heavy (non-hydrogen) atoms.